The maximum Gasteiger partial charge on any atom is 0.346 e. The number of ether oxygens (including phenoxy) is 3. The summed E-state index contributed by atoms with van der Waals surface area (Å²) in [6.45, 7) is 4.17. The van der Waals surface area contributed by atoms with Gasteiger partial charge in [-0.1, -0.05) is 31.9 Å². The lowest BCUT2D eigenvalue weighted by molar-refractivity contribution is -0.157. The topological polar surface area (TPSA) is 61.8 Å². The fourth-order valence-electron chi connectivity index (χ4n) is 4.45. The fraction of sp³-hybridized carbons (Fsp3) is 0.517. The van der Waals surface area contributed by atoms with E-state index in [0.29, 0.717) is 30.4 Å². The van der Waals surface area contributed by atoms with Crippen LogP contribution in [0.25, 0.3) is 0 Å². The van der Waals surface area contributed by atoms with Gasteiger partial charge in [0.15, 0.2) is 6.17 Å². The van der Waals surface area contributed by atoms with Gasteiger partial charge >= 0.3 is 11.9 Å². The minimum atomic E-state index is -1.51. The Balaban J connectivity index is 1.40. The van der Waals surface area contributed by atoms with Crippen LogP contribution in [0.2, 0.25) is 0 Å². The highest BCUT2D eigenvalue weighted by atomic mass is 19.1. The number of carbonyl (C=O) groups is 2. The first kappa shape index (κ1) is 27.6. The molecule has 0 saturated heterocycles. The lowest BCUT2D eigenvalue weighted by Gasteiger charge is -2.28. The van der Waals surface area contributed by atoms with Crippen molar-refractivity contribution in [3.8, 4) is 11.5 Å². The van der Waals surface area contributed by atoms with E-state index in [2.05, 4.69) is 0 Å². The number of hydrogen-bond acceptors (Lipinski definition) is 5. The smallest absolute Gasteiger partial charge is 0.346 e. The molecule has 0 spiro atoms. The first-order chi connectivity index (χ1) is 17.4. The van der Waals surface area contributed by atoms with E-state index >= 15 is 0 Å². The van der Waals surface area contributed by atoms with Gasteiger partial charge in [0.25, 0.3) is 0 Å². The van der Waals surface area contributed by atoms with Crippen molar-refractivity contribution in [1.82, 2.24) is 0 Å². The number of unbranched alkanes of at least 4 members (excludes halogenated alkanes) is 1. The third-order valence-corrected chi connectivity index (χ3v) is 6.59. The monoisotopic (exact) mass is 502 g/mol. The molecule has 1 saturated carbocycles. The van der Waals surface area contributed by atoms with Crippen LogP contribution in [0.5, 0.6) is 11.5 Å². The summed E-state index contributed by atoms with van der Waals surface area (Å²) < 4.78 is 44.0. The zero-order chi connectivity index (χ0) is 25.9. The predicted molar refractivity (Wildman–Crippen MR) is 134 cm³/mol. The molecule has 2 aromatic carbocycles. The van der Waals surface area contributed by atoms with Gasteiger partial charge < -0.3 is 14.2 Å². The Kier molecular flexibility index (Phi) is 10.7. The molecule has 1 aliphatic carbocycles. The lowest BCUT2D eigenvalue weighted by Crippen LogP contribution is -2.29. The quantitative estimate of drug-likeness (QED) is 0.231. The van der Waals surface area contributed by atoms with Crippen LogP contribution >= 0.6 is 0 Å². The standard InChI is InChI=1S/C29H36F2O5/c1-3-5-6-26(30)29(33)36-23-15-11-21(12-16-23)8-7-20-9-13-22(14-10-20)35-28(32)25-18-17-24(34-4-2)19-27(25)31/h9-10,13-14,17-19,21,23,26H,3-8,11-12,15-16H2,1-2H3/t21-,23-,26-/m0/s1. The third kappa shape index (κ3) is 8.32. The maximum absolute atomic E-state index is 14.2. The van der Waals surface area contributed by atoms with Gasteiger partial charge in [-0.05, 0) is 87.6 Å². The van der Waals surface area contributed by atoms with Crippen molar-refractivity contribution in [2.75, 3.05) is 6.61 Å². The molecule has 0 N–H and O–H groups in total. The highest BCUT2D eigenvalue weighted by Crippen LogP contribution is 2.30. The van der Waals surface area contributed by atoms with E-state index in [-0.39, 0.29) is 18.1 Å². The third-order valence-electron chi connectivity index (χ3n) is 6.59. The Bertz CT molecular complexity index is 984. The molecule has 0 aliphatic heterocycles. The van der Waals surface area contributed by atoms with E-state index in [1.54, 1.807) is 19.1 Å². The van der Waals surface area contributed by atoms with E-state index in [4.69, 9.17) is 14.2 Å². The Morgan fingerprint density at radius 2 is 1.69 bits per heavy atom. The van der Waals surface area contributed by atoms with Gasteiger partial charge in [0.1, 0.15) is 23.4 Å². The summed E-state index contributed by atoms with van der Waals surface area (Å²) in [6, 6.07) is 11.3. The number of alkyl halides is 1. The van der Waals surface area contributed by atoms with Gasteiger partial charge in [-0.2, -0.15) is 0 Å². The summed E-state index contributed by atoms with van der Waals surface area (Å²) in [5.41, 5.74) is 0.971. The summed E-state index contributed by atoms with van der Waals surface area (Å²) in [6.07, 6.45) is 5.42. The molecule has 1 atom stereocenters. The Labute approximate surface area is 212 Å². The average Bonchev–Trinajstić information content (AvgIpc) is 2.88. The van der Waals surface area contributed by atoms with Gasteiger partial charge in [-0.15, -0.1) is 0 Å². The number of aryl methyl sites for hydroxylation is 1. The minimum Gasteiger partial charge on any atom is -0.494 e. The van der Waals surface area contributed by atoms with E-state index in [9.17, 15) is 18.4 Å². The van der Waals surface area contributed by atoms with Crippen LogP contribution in [0.3, 0.4) is 0 Å². The van der Waals surface area contributed by atoms with Crippen molar-refractivity contribution < 1.29 is 32.6 Å². The van der Waals surface area contributed by atoms with Crippen molar-refractivity contribution in [3.63, 3.8) is 0 Å². The first-order valence-corrected chi connectivity index (χ1v) is 13.0. The number of carbonyl (C=O) groups excluding carboxylic acids is 2. The zero-order valence-corrected chi connectivity index (χ0v) is 21.1. The van der Waals surface area contributed by atoms with Gasteiger partial charge in [-0.25, -0.2) is 18.4 Å². The molecular weight excluding hydrogens is 466 g/mol. The second kappa shape index (κ2) is 14.0. The van der Waals surface area contributed by atoms with E-state index < -0.39 is 23.9 Å². The molecule has 196 valence electrons. The number of halogens is 2. The number of benzene rings is 2. The minimum absolute atomic E-state index is 0.146. The maximum atomic E-state index is 14.2. The van der Waals surface area contributed by atoms with Gasteiger partial charge in [-0.3, -0.25) is 0 Å². The van der Waals surface area contributed by atoms with Crippen LogP contribution in [0.15, 0.2) is 42.5 Å². The largest absolute Gasteiger partial charge is 0.494 e. The van der Waals surface area contributed by atoms with Crippen LogP contribution in [-0.4, -0.2) is 30.8 Å². The van der Waals surface area contributed by atoms with E-state index in [1.807, 2.05) is 19.1 Å². The molecule has 0 heterocycles. The van der Waals surface area contributed by atoms with Crippen molar-refractivity contribution >= 4 is 11.9 Å². The molecule has 0 aromatic heterocycles. The molecule has 0 radical (unpaired) electrons. The van der Waals surface area contributed by atoms with Gasteiger partial charge in [0.2, 0.25) is 0 Å². The molecule has 0 amide bonds. The van der Waals surface area contributed by atoms with Crippen molar-refractivity contribution in [3.05, 3.63) is 59.4 Å². The summed E-state index contributed by atoms with van der Waals surface area (Å²) in [7, 11) is 0. The first-order valence-electron chi connectivity index (χ1n) is 13.0. The molecule has 0 bridgehead atoms. The number of hydrogen-bond donors (Lipinski definition) is 0. The molecule has 7 heteroatoms. The highest BCUT2D eigenvalue weighted by molar-refractivity contribution is 5.91. The van der Waals surface area contributed by atoms with E-state index in [0.717, 1.165) is 50.5 Å². The van der Waals surface area contributed by atoms with Crippen LogP contribution in [-0.2, 0) is 16.0 Å². The second-order valence-electron chi connectivity index (χ2n) is 9.34. The summed E-state index contributed by atoms with van der Waals surface area (Å²) >= 11 is 0. The Morgan fingerprint density at radius 1 is 1.00 bits per heavy atom. The normalized spacial score (nSPS) is 18.3. The number of esters is 2. The van der Waals surface area contributed by atoms with E-state index in [1.165, 1.54) is 18.2 Å². The van der Waals surface area contributed by atoms with Crippen molar-refractivity contribution in [1.29, 1.82) is 0 Å². The van der Waals surface area contributed by atoms with Crippen LogP contribution < -0.4 is 9.47 Å². The molecule has 0 unspecified atom stereocenters. The Hall–Kier alpha value is -2.96. The zero-order valence-electron chi connectivity index (χ0n) is 21.1. The lowest BCUT2D eigenvalue weighted by atomic mass is 9.83. The highest BCUT2D eigenvalue weighted by Gasteiger charge is 2.27. The molecule has 5 nitrogen and oxygen atoms in total. The SMILES string of the molecule is CCCC[C@H](F)C(=O)O[C@H]1CC[C@H](CCc2ccc(OC(=O)c3ccc(OCC)cc3F)cc2)CC1. The molecular formula is C29H36F2O5. The van der Waals surface area contributed by atoms with Crippen LogP contribution in [0.4, 0.5) is 8.78 Å². The molecule has 2 aromatic rings. The summed E-state index contributed by atoms with van der Waals surface area (Å²) in [5, 5.41) is 0. The second-order valence-corrected chi connectivity index (χ2v) is 9.34. The van der Waals surface area contributed by atoms with Crippen LogP contribution in [0, 0.1) is 11.7 Å². The van der Waals surface area contributed by atoms with Crippen LogP contribution in [0.1, 0.15) is 81.1 Å². The van der Waals surface area contributed by atoms with Crippen molar-refractivity contribution in [2.24, 2.45) is 5.92 Å². The van der Waals surface area contributed by atoms with Crippen molar-refractivity contribution in [2.45, 2.75) is 83.9 Å². The van der Waals surface area contributed by atoms with Gasteiger partial charge in [0, 0.05) is 6.07 Å². The molecule has 1 fully saturated rings. The summed E-state index contributed by atoms with van der Waals surface area (Å²) in [4.78, 5) is 24.2. The average molecular weight is 503 g/mol. The molecule has 36 heavy (non-hydrogen) atoms. The fourth-order valence-corrected chi connectivity index (χ4v) is 4.45. The summed E-state index contributed by atoms with van der Waals surface area (Å²) in [5.74, 6) is -0.914. The Morgan fingerprint density at radius 3 is 2.33 bits per heavy atom. The van der Waals surface area contributed by atoms with Gasteiger partial charge in [0.05, 0.1) is 12.2 Å². The predicted octanol–water partition coefficient (Wildman–Crippen LogP) is 7.01. The molecule has 1 aliphatic rings. The number of rotatable bonds is 12. The molecule has 3 rings (SSSR count).